The molecule has 0 amide bonds. The Morgan fingerprint density at radius 1 is 1.13 bits per heavy atom. The molecular weight excluding hydrogens is 316 g/mol. The Kier molecular flexibility index (Phi) is 4.17. The van der Waals surface area contributed by atoms with Gasteiger partial charge in [-0.3, -0.25) is 4.79 Å². The molecule has 5 heteroatoms. The minimum atomic E-state index is -1.16. The van der Waals surface area contributed by atoms with E-state index < -0.39 is 11.9 Å². The van der Waals surface area contributed by atoms with Gasteiger partial charge in [-0.2, -0.15) is 0 Å². The number of carboxylic acids is 1. The third-order valence-corrected chi connectivity index (χ3v) is 3.93. The third-order valence-electron chi connectivity index (χ3n) is 3.70. The maximum absolute atomic E-state index is 12.5. The summed E-state index contributed by atoms with van der Waals surface area (Å²) in [7, 11) is 0. The molecule has 1 N–H and O–H groups in total. The zero-order chi connectivity index (χ0) is 16.4. The number of rotatable bonds is 3. The van der Waals surface area contributed by atoms with Gasteiger partial charge in [0.1, 0.15) is 11.5 Å². The molecule has 0 aliphatic carbocycles. The highest BCUT2D eigenvalue weighted by Crippen LogP contribution is 2.40. The lowest BCUT2D eigenvalue weighted by atomic mass is 9.88. The summed E-state index contributed by atoms with van der Waals surface area (Å²) in [6, 6.07) is 12.6. The van der Waals surface area contributed by atoms with Crippen LogP contribution in [0.1, 0.15) is 17.0 Å². The van der Waals surface area contributed by atoms with Crippen molar-refractivity contribution < 1.29 is 19.4 Å². The smallest absolute Gasteiger partial charge is 0.328 e. The first-order valence-electron chi connectivity index (χ1n) is 7.04. The summed E-state index contributed by atoms with van der Waals surface area (Å²) in [4.78, 5) is 23.2. The molecule has 1 aliphatic heterocycles. The van der Waals surface area contributed by atoms with E-state index in [-0.39, 0.29) is 5.78 Å². The maximum atomic E-state index is 12.5. The minimum Gasteiger partial charge on any atom is -0.478 e. The highest BCUT2D eigenvalue weighted by Gasteiger charge is 2.27. The average Bonchev–Trinajstić information content (AvgIpc) is 2.69. The number of aliphatic carboxylic acids is 1. The van der Waals surface area contributed by atoms with Gasteiger partial charge in [-0.25, -0.2) is 4.79 Å². The van der Waals surface area contributed by atoms with Crippen LogP contribution in [0.15, 0.2) is 54.6 Å². The van der Waals surface area contributed by atoms with Gasteiger partial charge >= 0.3 is 5.97 Å². The van der Waals surface area contributed by atoms with Crippen molar-refractivity contribution >= 4 is 23.4 Å². The maximum Gasteiger partial charge on any atom is 0.328 e. The van der Waals surface area contributed by atoms with Crippen molar-refractivity contribution in [2.24, 2.45) is 0 Å². The molecule has 1 atom stereocenters. The number of halogens is 1. The van der Waals surface area contributed by atoms with Crippen LogP contribution in [-0.4, -0.2) is 16.9 Å². The van der Waals surface area contributed by atoms with Crippen LogP contribution >= 0.6 is 11.6 Å². The summed E-state index contributed by atoms with van der Waals surface area (Å²) in [5.41, 5.74) is 1.55. The van der Waals surface area contributed by atoms with Gasteiger partial charge in [0.25, 0.3) is 0 Å². The van der Waals surface area contributed by atoms with E-state index in [9.17, 15) is 9.59 Å². The molecule has 0 radical (unpaired) electrons. The molecule has 3 rings (SSSR count). The second kappa shape index (κ2) is 6.26. The molecule has 2 aromatic carbocycles. The molecule has 116 valence electrons. The number of carboxylic acid groups (broad SMARTS) is 1. The molecule has 0 bridgehead atoms. The fraction of sp³-hybridized carbons (Fsp3) is 0.111. The highest BCUT2D eigenvalue weighted by atomic mass is 35.5. The third kappa shape index (κ3) is 3.27. The molecule has 0 spiro atoms. The van der Waals surface area contributed by atoms with E-state index in [0.29, 0.717) is 28.5 Å². The number of fused-ring (bicyclic) bond motifs is 2. The van der Waals surface area contributed by atoms with Crippen molar-refractivity contribution in [2.75, 3.05) is 0 Å². The number of carbonyl (C=O) groups is 2. The molecule has 4 nitrogen and oxygen atoms in total. The van der Waals surface area contributed by atoms with Gasteiger partial charge in [0.15, 0.2) is 5.78 Å². The molecule has 0 saturated heterocycles. The molecule has 0 fully saturated rings. The van der Waals surface area contributed by atoms with Crippen LogP contribution in [0, 0.1) is 0 Å². The van der Waals surface area contributed by atoms with Gasteiger partial charge < -0.3 is 9.84 Å². The van der Waals surface area contributed by atoms with E-state index in [1.807, 2.05) is 24.3 Å². The number of ether oxygens (including phenoxy) is 1. The zero-order valence-corrected chi connectivity index (χ0v) is 12.8. The van der Waals surface area contributed by atoms with Crippen molar-refractivity contribution in [3.63, 3.8) is 0 Å². The van der Waals surface area contributed by atoms with Crippen molar-refractivity contribution in [3.8, 4) is 11.5 Å². The lowest BCUT2D eigenvalue weighted by Crippen LogP contribution is -2.13. The molecule has 1 heterocycles. The molecule has 1 aliphatic rings. The van der Waals surface area contributed by atoms with E-state index in [1.54, 1.807) is 18.2 Å². The predicted molar refractivity (Wildman–Crippen MR) is 86.2 cm³/mol. The fourth-order valence-electron chi connectivity index (χ4n) is 2.63. The lowest BCUT2D eigenvalue weighted by Gasteiger charge is -2.14. The second-order valence-corrected chi connectivity index (χ2v) is 5.66. The molecule has 0 aromatic heterocycles. The van der Waals surface area contributed by atoms with Crippen LogP contribution in [0.5, 0.6) is 11.5 Å². The van der Waals surface area contributed by atoms with Crippen LogP contribution in [-0.2, 0) is 16.0 Å². The summed E-state index contributed by atoms with van der Waals surface area (Å²) >= 11 is 6.06. The SMILES string of the molecule is O=C(O)/C=C\C(=O)C1Cc2ccccc2Oc2ccc(Cl)cc21. The van der Waals surface area contributed by atoms with Crippen LogP contribution < -0.4 is 4.74 Å². The standard InChI is InChI=1S/C18H13ClO4/c19-12-5-7-17-14(10-12)13(15(20)6-8-18(21)22)9-11-3-1-2-4-16(11)23-17/h1-8,10,13H,9H2,(H,21,22)/b8-6-. The van der Waals surface area contributed by atoms with Crippen molar-refractivity contribution in [2.45, 2.75) is 12.3 Å². The summed E-state index contributed by atoms with van der Waals surface area (Å²) in [6.45, 7) is 0. The van der Waals surface area contributed by atoms with E-state index in [0.717, 1.165) is 17.7 Å². The van der Waals surface area contributed by atoms with Gasteiger partial charge in [0.05, 0.1) is 5.92 Å². The van der Waals surface area contributed by atoms with Crippen molar-refractivity contribution in [3.05, 3.63) is 70.8 Å². The normalized spacial score (nSPS) is 16.1. The van der Waals surface area contributed by atoms with E-state index >= 15 is 0 Å². The van der Waals surface area contributed by atoms with E-state index in [4.69, 9.17) is 21.4 Å². The first-order valence-corrected chi connectivity index (χ1v) is 7.42. The topological polar surface area (TPSA) is 63.6 Å². The minimum absolute atomic E-state index is 0.295. The number of para-hydroxylation sites is 1. The first kappa shape index (κ1) is 15.3. The molecule has 23 heavy (non-hydrogen) atoms. The number of hydrogen-bond acceptors (Lipinski definition) is 3. The second-order valence-electron chi connectivity index (χ2n) is 5.22. The Labute approximate surface area is 138 Å². The predicted octanol–water partition coefficient (Wildman–Crippen LogP) is 3.98. The molecule has 1 unspecified atom stereocenters. The Bertz CT molecular complexity index is 810. The zero-order valence-electron chi connectivity index (χ0n) is 12.0. The average molecular weight is 329 g/mol. The molecule has 2 aromatic rings. The van der Waals surface area contributed by atoms with Crippen LogP contribution in [0.25, 0.3) is 0 Å². The Balaban J connectivity index is 2.08. The first-order chi connectivity index (χ1) is 11.0. The van der Waals surface area contributed by atoms with Gasteiger partial charge in [0, 0.05) is 16.7 Å². The largest absolute Gasteiger partial charge is 0.478 e. The van der Waals surface area contributed by atoms with E-state index in [1.165, 1.54) is 0 Å². The highest BCUT2D eigenvalue weighted by molar-refractivity contribution is 6.30. The van der Waals surface area contributed by atoms with Crippen molar-refractivity contribution in [1.82, 2.24) is 0 Å². The summed E-state index contributed by atoms with van der Waals surface area (Å²) in [5.74, 6) is -0.746. The van der Waals surface area contributed by atoms with Gasteiger partial charge in [-0.1, -0.05) is 29.8 Å². The van der Waals surface area contributed by atoms with Gasteiger partial charge in [0.2, 0.25) is 0 Å². The quantitative estimate of drug-likeness (QED) is 0.865. The number of hydrogen-bond donors (Lipinski definition) is 1. The Morgan fingerprint density at radius 2 is 1.91 bits per heavy atom. The van der Waals surface area contributed by atoms with Gasteiger partial charge in [-0.05, 0) is 42.3 Å². The summed E-state index contributed by atoms with van der Waals surface area (Å²) < 4.78 is 5.91. The Morgan fingerprint density at radius 3 is 2.70 bits per heavy atom. The van der Waals surface area contributed by atoms with E-state index in [2.05, 4.69) is 0 Å². The fourth-order valence-corrected chi connectivity index (χ4v) is 2.81. The van der Waals surface area contributed by atoms with Gasteiger partial charge in [-0.15, -0.1) is 0 Å². The Hall–Kier alpha value is -2.59. The summed E-state index contributed by atoms with van der Waals surface area (Å²) in [5, 5.41) is 9.23. The molecule has 0 saturated carbocycles. The van der Waals surface area contributed by atoms with Crippen LogP contribution in [0.3, 0.4) is 0 Å². The molecular formula is C18H13ClO4. The number of benzene rings is 2. The monoisotopic (exact) mass is 328 g/mol. The number of ketones is 1. The van der Waals surface area contributed by atoms with Crippen LogP contribution in [0.2, 0.25) is 5.02 Å². The van der Waals surface area contributed by atoms with Crippen LogP contribution in [0.4, 0.5) is 0 Å². The summed E-state index contributed by atoms with van der Waals surface area (Å²) in [6.07, 6.45) is 2.36. The lowest BCUT2D eigenvalue weighted by molar-refractivity contribution is -0.131. The van der Waals surface area contributed by atoms with Crippen molar-refractivity contribution in [1.29, 1.82) is 0 Å². The number of allylic oxidation sites excluding steroid dienone is 1. The number of carbonyl (C=O) groups excluding carboxylic acids is 1.